The van der Waals surface area contributed by atoms with Crippen molar-refractivity contribution in [1.29, 1.82) is 0 Å². The first kappa shape index (κ1) is 12.5. The van der Waals surface area contributed by atoms with Crippen LogP contribution in [0.1, 0.15) is 5.56 Å². The highest BCUT2D eigenvalue weighted by atomic mass is 16.2. The molecule has 3 rings (SSSR count). The van der Waals surface area contributed by atoms with Crippen LogP contribution < -0.4 is 15.5 Å². The minimum atomic E-state index is -0.0255. The molecule has 5 heteroatoms. The molecule has 1 aromatic heterocycles. The standard InChI is InChI=1S/C15H16N4O/c20-15-17-9-10-19(15)14-3-1-13(2-4-14)18-11-12-5-7-16-8-6-12/h1-8,18H,9-11H2,(H,17,20). The molecule has 0 aliphatic carbocycles. The Kier molecular flexibility index (Phi) is 3.50. The topological polar surface area (TPSA) is 57.3 Å². The fourth-order valence-electron chi connectivity index (χ4n) is 2.18. The zero-order valence-electron chi connectivity index (χ0n) is 11.0. The third-order valence-corrected chi connectivity index (χ3v) is 3.28. The lowest BCUT2D eigenvalue weighted by Crippen LogP contribution is -2.27. The number of nitrogens with zero attached hydrogens (tertiary/aromatic N) is 2. The first-order valence-electron chi connectivity index (χ1n) is 6.61. The van der Waals surface area contributed by atoms with Crippen LogP contribution in [-0.4, -0.2) is 24.1 Å². The summed E-state index contributed by atoms with van der Waals surface area (Å²) in [7, 11) is 0. The molecule has 1 aliphatic rings. The first-order valence-corrected chi connectivity index (χ1v) is 6.61. The molecule has 1 saturated heterocycles. The summed E-state index contributed by atoms with van der Waals surface area (Å²) in [5.74, 6) is 0. The molecule has 0 unspecified atom stereocenters. The molecule has 2 N–H and O–H groups in total. The number of hydrogen-bond donors (Lipinski definition) is 2. The molecular formula is C15H16N4O. The van der Waals surface area contributed by atoms with Crippen molar-refractivity contribution < 1.29 is 4.79 Å². The fourth-order valence-corrected chi connectivity index (χ4v) is 2.18. The van der Waals surface area contributed by atoms with E-state index in [4.69, 9.17) is 0 Å². The minimum Gasteiger partial charge on any atom is -0.381 e. The highest BCUT2D eigenvalue weighted by molar-refractivity contribution is 5.94. The number of benzene rings is 1. The number of hydrogen-bond acceptors (Lipinski definition) is 3. The Morgan fingerprint density at radius 3 is 2.55 bits per heavy atom. The van der Waals surface area contributed by atoms with Gasteiger partial charge in [-0.1, -0.05) is 0 Å². The number of urea groups is 1. The van der Waals surface area contributed by atoms with Crippen LogP contribution in [0.2, 0.25) is 0 Å². The number of rotatable bonds is 4. The summed E-state index contributed by atoms with van der Waals surface area (Å²) in [6, 6.07) is 11.8. The summed E-state index contributed by atoms with van der Waals surface area (Å²) >= 11 is 0. The van der Waals surface area contributed by atoms with Crippen molar-refractivity contribution in [2.24, 2.45) is 0 Å². The molecule has 1 fully saturated rings. The van der Waals surface area contributed by atoms with Gasteiger partial charge in [-0.2, -0.15) is 0 Å². The normalized spacial score (nSPS) is 14.2. The second-order valence-electron chi connectivity index (χ2n) is 4.64. The molecule has 2 heterocycles. The molecule has 0 spiro atoms. The Labute approximate surface area is 117 Å². The predicted octanol–water partition coefficient (Wildman–Crippen LogP) is 2.22. The molecule has 0 saturated carbocycles. The summed E-state index contributed by atoms with van der Waals surface area (Å²) in [4.78, 5) is 17.3. The number of amides is 2. The van der Waals surface area contributed by atoms with E-state index in [0.717, 1.165) is 24.5 Å². The largest absolute Gasteiger partial charge is 0.381 e. The summed E-state index contributed by atoms with van der Waals surface area (Å²) in [6.07, 6.45) is 3.57. The summed E-state index contributed by atoms with van der Waals surface area (Å²) in [5, 5.41) is 6.14. The van der Waals surface area contributed by atoms with Crippen molar-refractivity contribution >= 4 is 17.4 Å². The van der Waals surface area contributed by atoms with E-state index in [1.807, 2.05) is 36.4 Å². The van der Waals surface area contributed by atoms with E-state index in [0.29, 0.717) is 6.54 Å². The van der Waals surface area contributed by atoms with Gasteiger partial charge in [-0.25, -0.2) is 4.79 Å². The van der Waals surface area contributed by atoms with E-state index >= 15 is 0 Å². The van der Waals surface area contributed by atoms with Crippen LogP contribution in [0.25, 0.3) is 0 Å². The van der Waals surface area contributed by atoms with Crippen LogP contribution in [0.5, 0.6) is 0 Å². The van der Waals surface area contributed by atoms with Gasteiger partial charge in [-0.3, -0.25) is 9.88 Å². The average Bonchev–Trinajstić information content (AvgIpc) is 2.93. The Morgan fingerprint density at radius 2 is 1.90 bits per heavy atom. The van der Waals surface area contributed by atoms with E-state index < -0.39 is 0 Å². The van der Waals surface area contributed by atoms with E-state index in [1.54, 1.807) is 17.3 Å². The first-order chi connectivity index (χ1) is 9.83. The second kappa shape index (κ2) is 5.61. The van der Waals surface area contributed by atoms with Crippen molar-refractivity contribution in [3.63, 3.8) is 0 Å². The van der Waals surface area contributed by atoms with Crippen molar-refractivity contribution in [3.05, 3.63) is 54.4 Å². The Bertz CT molecular complexity index is 583. The van der Waals surface area contributed by atoms with E-state index in [1.165, 1.54) is 5.56 Å². The number of carbonyl (C=O) groups excluding carboxylic acids is 1. The highest BCUT2D eigenvalue weighted by Gasteiger charge is 2.20. The average molecular weight is 268 g/mol. The molecule has 102 valence electrons. The van der Waals surface area contributed by atoms with Crippen LogP contribution in [0, 0.1) is 0 Å². The number of aromatic nitrogens is 1. The third kappa shape index (κ3) is 2.71. The molecule has 20 heavy (non-hydrogen) atoms. The van der Waals surface area contributed by atoms with Crippen molar-refractivity contribution in [3.8, 4) is 0 Å². The smallest absolute Gasteiger partial charge is 0.321 e. The van der Waals surface area contributed by atoms with Gasteiger partial charge in [0.15, 0.2) is 0 Å². The van der Waals surface area contributed by atoms with Crippen LogP contribution in [-0.2, 0) is 6.54 Å². The number of nitrogens with one attached hydrogen (secondary N) is 2. The Balaban J connectivity index is 1.63. The molecule has 2 aromatic rings. The molecule has 0 bridgehead atoms. The van der Waals surface area contributed by atoms with Gasteiger partial charge in [0.1, 0.15) is 0 Å². The molecule has 1 aliphatic heterocycles. The zero-order valence-corrected chi connectivity index (χ0v) is 11.0. The highest BCUT2D eigenvalue weighted by Crippen LogP contribution is 2.19. The fraction of sp³-hybridized carbons (Fsp3) is 0.200. The molecule has 0 radical (unpaired) electrons. The third-order valence-electron chi connectivity index (χ3n) is 3.28. The molecule has 1 aromatic carbocycles. The van der Waals surface area contributed by atoms with Gasteiger partial charge >= 0.3 is 6.03 Å². The van der Waals surface area contributed by atoms with Gasteiger partial charge in [-0.15, -0.1) is 0 Å². The summed E-state index contributed by atoms with van der Waals surface area (Å²) < 4.78 is 0. The lowest BCUT2D eigenvalue weighted by molar-refractivity contribution is 0.252. The molecule has 2 amide bonds. The van der Waals surface area contributed by atoms with Crippen LogP contribution in [0.15, 0.2) is 48.8 Å². The monoisotopic (exact) mass is 268 g/mol. The second-order valence-corrected chi connectivity index (χ2v) is 4.64. The SMILES string of the molecule is O=C1NCCN1c1ccc(NCc2ccncc2)cc1. The maximum atomic E-state index is 11.6. The maximum absolute atomic E-state index is 11.6. The Hall–Kier alpha value is -2.56. The van der Waals surface area contributed by atoms with Gasteiger partial charge in [-0.05, 0) is 42.0 Å². The van der Waals surface area contributed by atoms with Gasteiger partial charge in [0.25, 0.3) is 0 Å². The summed E-state index contributed by atoms with van der Waals surface area (Å²) in [6.45, 7) is 2.19. The van der Waals surface area contributed by atoms with E-state index in [-0.39, 0.29) is 6.03 Å². The van der Waals surface area contributed by atoms with Crippen LogP contribution >= 0.6 is 0 Å². The van der Waals surface area contributed by atoms with Crippen molar-refractivity contribution in [2.75, 3.05) is 23.3 Å². The molecular weight excluding hydrogens is 252 g/mol. The van der Waals surface area contributed by atoms with Gasteiger partial charge in [0, 0.05) is 43.4 Å². The minimum absolute atomic E-state index is 0.0255. The van der Waals surface area contributed by atoms with Gasteiger partial charge < -0.3 is 10.6 Å². The van der Waals surface area contributed by atoms with Gasteiger partial charge in [0.05, 0.1) is 0 Å². The zero-order chi connectivity index (χ0) is 13.8. The predicted molar refractivity (Wildman–Crippen MR) is 78.8 cm³/mol. The van der Waals surface area contributed by atoms with Gasteiger partial charge in [0.2, 0.25) is 0 Å². The molecule has 5 nitrogen and oxygen atoms in total. The van der Waals surface area contributed by atoms with Crippen molar-refractivity contribution in [1.82, 2.24) is 10.3 Å². The van der Waals surface area contributed by atoms with Crippen LogP contribution in [0.4, 0.5) is 16.2 Å². The maximum Gasteiger partial charge on any atom is 0.321 e. The quantitative estimate of drug-likeness (QED) is 0.894. The van der Waals surface area contributed by atoms with Crippen LogP contribution in [0.3, 0.4) is 0 Å². The lowest BCUT2D eigenvalue weighted by atomic mass is 10.2. The molecule has 0 atom stereocenters. The lowest BCUT2D eigenvalue weighted by Gasteiger charge is -2.15. The Morgan fingerprint density at radius 1 is 1.15 bits per heavy atom. The van der Waals surface area contributed by atoms with E-state index in [2.05, 4.69) is 15.6 Å². The van der Waals surface area contributed by atoms with Crippen molar-refractivity contribution in [2.45, 2.75) is 6.54 Å². The number of carbonyl (C=O) groups is 1. The number of anilines is 2. The summed E-state index contributed by atoms with van der Waals surface area (Å²) in [5.41, 5.74) is 3.14. The number of pyridine rings is 1. The van der Waals surface area contributed by atoms with E-state index in [9.17, 15) is 4.79 Å².